The third kappa shape index (κ3) is 5.50. The zero-order valence-corrected chi connectivity index (χ0v) is 18.2. The van der Waals surface area contributed by atoms with E-state index in [2.05, 4.69) is 26.1 Å². The molecule has 1 saturated heterocycles. The van der Waals surface area contributed by atoms with Gasteiger partial charge in [-0.1, -0.05) is 6.07 Å². The van der Waals surface area contributed by atoms with Crippen molar-refractivity contribution in [1.29, 1.82) is 0 Å². The molecule has 3 rings (SSSR count). The predicted molar refractivity (Wildman–Crippen MR) is 118 cm³/mol. The van der Waals surface area contributed by atoms with Crippen molar-refractivity contribution in [3.63, 3.8) is 0 Å². The molecule has 1 atom stereocenters. The minimum absolute atomic E-state index is 0.0279. The number of amides is 2. The van der Waals surface area contributed by atoms with Crippen LogP contribution in [0.1, 0.15) is 25.3 Å². The Morgan fingerprint density at radius 1 is 1.17 bits per heavy atom. The summed E-state index contributed by atoms with van der Waals surface area (Å²) in [6.45, 7) is 5.32. The normalized spacial score (nSPS) is 15.6. The van der Waals surface area contributed by atoms with Crippen molar-refractivity contribution in [2.75, 3.05) is 23.3 Å². The van der Waals surface area contributed by atoms with Gasteiger partial charge in [0.05, 0.1) is 4.47 Å². The highest BCUT2D eigenvalue weighted by molar-refractivity contribution is 9.10. The monoisotopic (exact) mass is 459 g/mol. The zero-order valence-electron chi connectivity index (χ0n) is 16.7. The smallest absolute Gasteiger partial charge is 0.265 e. The second-order valence-electron chi connectivity index (χ2n) is 7.39. The summed E-state index contributed by atoms with van der Waals surface area (Å²) in [6, 6.07) is 13.4. The molecule has 0 spiro atoms. The first-order chi connectivity index (χ1) is 13.8. The summed E-state index contributed by atoms with van der Waals surface area (Å²) in [5, 5.41) is 2.89. The highest BCUT2D eigenvalue weighted by atomic mass is 79.9. The Balaban J connectivity index is 1.55. The van der Waals surface area contributed by atoms with E-state index in [1.54, 1.807) is 6.92 Å². The van der Waals surface area contributed by atoms with Crippen LogP contribution in [0.2, 0.25) is 0 Å². The number of primary amides is 1. The third-order valence-electron chi connectivity index (χ3n) is 5.16. The fourth-order valence-corrected chi connectivity index (χ4v) is 3.95. The van der Waals surface area contributed by atoms with Crippen LogP contribution in [0.5, 0.6) is 5.75 Å². The number of carbonyl (C=O) groups is 2. The summed E-state index contributed by atoms with van der Waals surface area (Å²) >= 11 is 3.46. The number of nitrogens with one attached hydrogen (secondary N) is 1. The van der Waals surface area contributed by atoms with Crippen molar-refractivity contribution < 1.29 is 14.3 Å². The lowest BCUT2D eigenvalue weighted by molar-refractivity contribution is -0.122. The molecule has 29 heavy (non-hydrogen) atoms. The molecule has 2 aromatic rings. The van der Waals surface area contributed by atoms with Crippen LogP contribution in [0.3, 0.4) is 0 Å². The highest BCUT2D eigenvalue weighted by Crippen LogP contribution is 2.27. The lowest BCUT2D eigenvalue weighted by Gasteiger charge is -2.32. The van der Waals surface area contributed by atoms with Crippen molar-refractivity contribution in [2.45, 2.75) is 32.8 Å². The van der Waals surface area contributed by atoms with Gasteiger partial charge in [-0.15, -0.1) is 0 Å². The quantitative estimate of drug-likeness (QED) is 0.686. The molecule has 3 N–H and O–H groups in total. The average Bonchev–Trinajstić information content (AvgIpc) is 2.70. The number of hydrogen-bond donors (Lipinski definition) is 2. The topological polar surface area (TPSA) is 84.7 Å². The van der Waals surface area contributed by atoms with Gasteiger partial charge in [-0.05, 0) is 84.6 Å². The molecule has 154 valence electrons. The largest absolute Gasteiger partial charge is 0.480 e. The van der Waals surface area contributed by atoms with E-state index in [1.807, 2.05) is 49.4 Å². The fraction of sp³-hybridized carbons (Fsp3) is 0.364. The molecule has 2 amide bonds. The minimum Gasteiger partial charge on any atom is -0.480 e. The molecule has 1 heterocycles. The molecule has 1 aliphatic rings. The van der Waals surface area contributed by atoms with Crippen molar-refractivity contribution in [3.8, 4) is 5.75 Å². The maximum Gasteiger partial charge on any atom is 0.265 e. The van der Waals surface area contributed by atoms with Gasteiger partial charge in [-0.2, -0.15) is 0 Å². The van der Waals surface area contributed by atoms with Gasteiger partial charge in [0.25, 0.3) is 5.91 Å². The second kappa shape index (κ2) is 9.31. The lowest BCUT2D eigenvalue weighted by atomic mass is 9.96. The van der Waals surface area contributed by atoms with Gasteiger partial charge in [-0.25, -0.2) is 0 Å². The molecule has 6 nitrogen and oxygen atoms in total. The average molecular weight is 460 g/mol. The first-order valence-electron chi connectivity index (χ1n) is 9.71. The molecule has 7 heteroatoms. The molecule has 1 aliphatic heterocycles. The van der Waals surface area contributed by atoms with E-state index in [0.29, 0.717) is 11.4 Å². The van der Waals surface area contributed by atoms with E-state index in [-0.39, 0.29) is 17.7 Å². The summed E-state index contributed by atoms with van der Waals surface area (Å²) in [6.07, 6.45) is 0.913. The minimum atomic E-state index is -0.637. The maximum atomic E-state index is 12.5. The molecule has 1 fully saturated rings. The van der Waals surface area contributed by atoms with E-state index in [1.165, 1.54) is 0 Å². The van der Waals surface area contributed by atoms with Crippen LogP contribution in [0.15, 0.2) is 46.9 Å². The van der Waals surface area contributed by atoms with E-state index < -0.39 is 6.10 Å². The number of ether oxygens (including phenoxy) is 1. The first kappa shape index (κ1) is 21.2. The highest BCUT2D eigenvalue weighted by Gasteiger charge is 2.23. The number of benzene rings is 2. The lowest BCUT2D eigenvalue weighted by Crippen LogP contribution is -2.38. The zero-order chi connectivity index (χ0) is 21.0. The summed E-state index contributed by atoms with van der Waals surface area (Å²) in [4.78, 5) is 26.0. The molecule has 0 aromatic heterocycles. The number of hydrogen-bond acceptors (Lipinski definition) is 4. The van der Waals surface area contributed by atoms with Crippen LogP contribution in [-0.4, -0.2) is 31.0 Å². The van der Waals surface area contributed by atoms with Gasteiger partial charge in [0, 0.05) is 30.4 Å². The van der Waals surface area contributed by atoms with Gasteiger partial charge >= 0.3 is 0 Å². The number of aryl methyl sites for hydroxylation is 1. The molecule has 0 bridgehead atoms. The van der Waals surface area contributed by atoms with Crippen LogP contribution >= 0.6 is 15.9 Å². The van der Waals surface area contributed by atoms with Crippen LogP contribution in [0.25, 0.3) is 0 Å². The van der Waals surface area contributed by atoms with Crippen molar-refractivity contribution >= 4 is 39.1 Å². The Hall–Kier alpha value is -2.54. The molecule has 0 radical (unpaired) electrons. The number of nitrogens with zero attached hydrogens (tertiary/aromatic N) is 1. The van der Waals surface area contributed by atoms with E-state index in [0.717, 1.165) is 41.7 Å². The maximum absolute atomic E-state index is 12.5. The number of rotatable bonds is 6. The second-order valence-corrected chi connectivity index (χ2v) is 8.25. The SMILES string of the molecule is Cc1ccc(OC(C)C(=O)Nc2ccc(N3CCC(C(N)=O)CC3)cc2)c(Br)c1. The molecular weight excluding hydrogens is 434 g/mol. The van der Waals surface area contributed by atoms with Gasteiger partial charge in [0.1, 0.15) is 5.75 Å². The Bertz CT molecular complexity index is 877. The number of nitrogens with two attached hydrogens (primary N) is 1. The molecular formula is C22H26BrN3O3. The van der Waals surface area contributed by atoms with Crippen molar-refractivity contribution in [1.82, 2.24) is 0 Å². The number of anilines is 2. The van der Waals surface area contributed by atoms with Crippen LogP contribution in [0, 0.1) is 12.8 Å². The van der Waals surface area contributed by atoms with Gasteiger partial charge in [-0.3, -0.25) is 9.59 Å². The molecule has 2 aromatic carbocycles. The summed E-state index contributed by atoms with van der Waals surface area (Å²) in [5.74, 6) is 0.178. The van der Waals surface area contributed by atoms with Crippen LogP contribution in [-0.2, 0) is 9.59 Å². The number of carbonyl (C=O) groups excluding carboxylic acids is 2. The number of piperidine rings is 1. The Kier molecular flexibility index (Phi) is 6.79. The van der Waals surface area contributed by atoms with Gasteiger partial charge in [0.15, 0.2) is 6.10 Å². The molecule has 0 saturated carbocycles. The fourth-order valence-electron chi connectivity index (χ4n) is 3.37. The standard InChI is InChI=1S/C22H26BrN3O3/c1-14-3-8-20(19(23)13-14)29-15(2)22(28)25-17-4-6-18(7-5-17)26-11-9-16(10-12-26)21(24)27/h3-8,13,15-16H,9-12H2,1-2H3,(H2,24,27)(H,25,28). The predicted octanol–water partition coefficient (Wildman–Crippen LogP) is 3.87. The van der Waals surface area contributed by atoms with Crippen molar-refractivity contribution in [2.24, 2.45) is 11.7 Å². The Morgan fingerprint density at radius 3 is 2.41 bits per heavy atom. The van der Waals surface area contributed by atoms with Gasteiger partial charge in [0.2, 0.25) is 5.91 Å². The number of halogens is 1. The Morgan fingerprint density at radius 2 is 1.83 bits per heavy atom. The molecule has 0 aliphatic carbocycles. The van der Waals surface area contributed by atoms with Gasteiger partial charge < -0.3 is 20.7 Å². The van der Waals surface area contributed by atoms with E-state index in [9.17, 15) is 9.59 Å². The van der Waals surface area contributed by atoms with Crippen LogP contribution in [0.4, 0.5) is 11.4 Å². The summed E-state index contributed by atoms with van der Waals surface area (Å²) < 4.78 is 6.60. The van der Waals surface area contributed by atoms with E-state index >= 15 is 0 Å². The Labute approximate surface area is 179 Å². The third-order valence-corrected chi connectivity index (χ3v) is 5.78. The van der Waals surface area contributed by atoms with Crippen molar-refractivity contribution in [3.05, 3.63) is 52.5 Å². The summed E-state index contributed by atoms with van der Waals surface area (Å²) in [7, 11) is 0. The first-order valence-corrected chi connectivity index (χ1v) is 10.5. The van der Waals surface area contributed by atoms with Crippen LogP contribution < -0.4 is 20.7 Å². The van der Waals surface area contributed by atoms with E-state index in [4.69, 9.17) is 10.5 Å². The summed E-state index contributed by atoms with van der Waals surface area (Å²) in [5.41, 5.74) is 8.29. The molecule has 1 unspecified atom stereocenters.